The standard InChI is InChI=1S/C16H15BrN2O2/c1-11-3-2-4-13(16(11)21)10-18-19-15(20)9-12-5-7-14(17)8-6-12/h2-8,10,21H,9H2,1H3,(H,19,20). The van der Waals surface area contributed by atoms with E-state index in [1.54, 1.807) is 19.1 Å². The fourth-order valence-electron chi connectivity index (χ4n) is 1.79. The maximum absolute atomic E-state index is 11.7. The summed E-state index contributed by atoms with van der Waals surface area (Å²) < 4.78 is 0.972. The summed E-state index contributed by atoms with van der Waals surface area (Å²) in [6.45, 7) is 1.80. The molecule has 0 fully saturated rings. The second-order valence-electron chi connectivity index (χ2n) is 4.61. The lowest BCUT2D eigenvalue weighted by atomic mass is 10.1. The van der Waals surface area contributed by atoms with Crippen molar-refractivity contribution in [2.75, 3.05) is 0 Å². The third-order valence-electron chi connectivity index (χ3n) is 2.94. The SMILES string of the molecule is Cc1cccc(C=NNC(=O)Cc2ccc(Br)cc2)c1O. The summed E-state index contributed by atoms with van der Waals surface area (Å²) in [5.41, 5.74) is 4.69. The van der Waals surface area contributed by atoms with Gasteiger partial charge in [0.1, 0.15) is 5.75 Å². The molecule has 2 N–H and O–H groups in total. The van der Waals surface area contributed by atoms with Gasteiger partial charge in [-0.3, -0.25) is 4.79 Å². The van der Waals surface area contributed by atoms with E-state index in [1.165, 1.54) is 6.21 Å². The van der Waals surface area contributed by atoms with Gasteiger partial charge in [0.2, 0.25) is 5.91 Å². The Bertz CT molecular complexity index is 666. The summed E-state index contributed by atoms with van der Waals surface area (Å²) in [5.74, 6) is -0.0378. The number of aryl methyl sites for hydroxylation is 1. The Balaban J connectivity index is 1.93. The van der Waals surface area contributed by atoms with Gasteiger partial charge < -0.3 is 5.11 Å². The third kappa shape index (κ3) is 4.43. The summed E-state index contributed by atoms with van der Waals surface area (Å²) in [5, 5.41) is 13.7. The number of rotatable bonds is 4. The van der Waals surface area contributed by atoms with Crippen molar-refractivity contribution in [3.8, 4) is 5.75 Å². The van der Waals surface area contributed by atoms with Crippen LogP contribution in [0.2, 0.25) is 0 Å². The van der Waals surface area contributed by atoms with Gasteiger partial charge in [-0.15, -0.1) is 0 Å². The molecule has 0 saturated heterocycles. The van der Waals surface area contributed by atoms with E-state index in [0.29, 0.717) is 5.56 Å². The van der Waals surface area contributed by atoms with Crippen molar-refractivity contribution in [2.24, 2.45) is 5.10 Å². The molecule has 0 aliphatic carbocycles. The summed E-state index contributed by atoms with van der Waals surface area (Å²) in [4.78, 5) is 11.7. The highest BCUT2D eigenvalue weighted by molar-refractivity contribution is 9.10. The molecule has 0 bridgehead atoms. The smallest absolute Gasteiger partial charge is 0.244 e. The van der Waals surface area contributed by atoms with E-state index < -0.39 is 0 Å². The van der Waals surface area contributed by atoms with Crippen molar-refractivity contribution in [1.29, 1.82) is 0 Å². The molecule has 2 aromatic rings. The number of halogens is 1. The Kier molecular flexibility index (Phi) is 5.11. The van der Waals surface area contributed by atoms with Crippen LogP contribution in [0.15, 0.2) is 52.0 Å². The number of carbonyl (C=O) groups excluding carboxylic acids is 1. The second-order valence-corrected chi connectivity index (χ2v) is 5.52. The van der Waals surface area contributed by atoms with E-state index in [1.807, 2.05) is 30.3 Å². The van der Waals surface area contributed by atoms with Gasteiger partial charge in [-0.05, 0) is 36.2 Å². The molecule has 0 aromatic heterocycles. The highest BCUT2D eigenvalue weighted by Crippen LogP contribution is 2.19. The lowest BCUT2D eigenvalue weighted by Crippen LogP contribution is -2.19. The molecule has 0 radical (unpaired) electrons. The number of hydrogen-bond donors (Lipinski definition) is 2. The van der Waals surface area contributed by atoms with Gasteiger partial charge in [0.25, 0.3) is 0 Å². The number of nitrogens with zero attached hydrogens (tertiary/aromatic N) is 1. The summed E-state index contributed by atoms with van der Waals surface area (Å²) in [7, 11) is 0. The minimum Gasteiger partial charge on any atom is -0.507 e. The Morgan fingerprint density at radius 1 is 1.29 bits per heavy atom. The number of amides is 1. The van der Waals surface area contributed by atoms with Crippen LogP contribution in [0.4, 0.5) is 0 Å². The van der Waals surface area contributed by atoms with E-state index >= 15 is 0 Å². The largest absolute Gasteiger partial charge is 0.507 e. The fraction of sp³-hybridized carbons (Fsp3) is 0.125. The molecule has 4 nitrogen and oxygen atoms in total. The number of benzene rings is 2. The lowest BCUT2D eigenvalue weighted by molar-refractivity contribution is -0.120. The molecule has 2 rings (SSSR count). The van der Waals surface area contributed by atoms with Crippen LogP contribution >= 0.6 is 15.9 Å². The summed E-state index contributed by atoms with van der Waals surface area (Å²) in [6, 6.07) is 12.9. The van der Waals surface area contributed by atoms with Crippen LogP contribution < -0.4 is 5.43 Å². The van der Waals surface area contributed by atoms with E-state index in [0.717, 1.165) is 15.6 Å². The van der Waals surface area contributed by atoms with Gasteiger partial charge in [-0.25, -0.2) is 5.43 Å². The third-order valence-corrected chi connectivity index (χ3v) is 3.47. The molecule has 5 heteroatoms. The molecule has 1 amide bonds. The number of hydrazone groups is 1. The van der Waals surface area contributed by atoms with Crippen LogP contribution in [0.25, 0.3) is 0 Å². The Morgan fingerprint density at radius 2 is 2.00 bits per heavy atom. The molecule has 0 aliphatic heterocycles. The van der Waals surface area contributed by atoms with Crippen LogP contribution in [0.1, 0.15) is 16.7 Å². The minimum atomic E-state index is -0.208. The van der Waals surface area contributed by atoms with Crippen LogP contribution in [0, 0.1) is 6.92 Å². The predicted molar refractivity (Wildman–Crippen MR) is 86.4 cm³/mol. The number of aromatic hydroxyl groups is 1. The van der Waals surface area contributed by atoms with Gasteiger partial charge in [0, 0.05) is 10.0 Å². The average molecular weight is 347 g/mol. The van der Waals surface area contributed by atoms with Crippen molar-refractivity contribution in [2.45, 2.75) is 13.3 Å². The average Bonchev–Trinajstić information content (AvgIpc) is 2.46. The van der Waals surface area contributed by atoms with Crippen LogP contribution in [0.5, 0.6) is 5.75 Å². The maximum atomic E-state index is 11.7. The first-order chi connectivity index (χ1) is 10.1. The monoisotopic (exact) mass is 346 g/mol. The lowest BCUT2D eigenvalue weighted by Gasteiger charge is -2.03. The predicted octanol–water partition coefficient (Wildman–Crippen LogP) is 3.16. The van der Waals surface area contributed by atoms with E-state index in [-0.39, 0.29) is 18.1 Å². The number of carbonyl (C=O) groups is 1. The summed E-state index contributed by atoms with van der Waals surface area (Å²) >= 11 is 3.34. The fourth-order valence-corrected chi connectivity index (χ4v) is 2.05. The summed E-state index contributed by atoms with van der Waals surface area (Å²) in [6.07, 6.45) is 1.69. The first kappa shape index (κ1) is 15.3. The van der Waals surface area contributed by atoms with E-state index in [2.05, 4.69) is 26.5 Å². The molecular weight excluding hydrogens is 332 g/mol. The van der Waals surface area contributed by atoms with Crippen LogP contribution in [0.3, 0.4) is 0 Å². The Labute approximate surface area is 131 Å². The maximum Gasteiger partial charge on any atom is 0.244 e. The van der Waals surface area contributed by atoms with Gasteiger partial charge in [-0.1, -0.05) is 40.2 Å². The van der Waals surface area contributed by atoms with Crippen LogP contribution in [-0.2, 0) is 11.2 Å². The zero-order valence-electron chi connectivity index (χ0n) is 11.5. The normalized spacial score (nSPS) is 10.8. The van der Waals surface area contributed by atoms with Crippen molar-refractivity contribution in [3.05, 3.63) is 63.6 Å². The Morgan fingerprint density at radius 3 is 2.71 bits per heavy atom. The highest BCUT2D eigenvalue weighted by atomic mass is 79.9. The number of phenols is 1. The first-order valence-electron chi connectivity index (χ1n) is 6.41. The highest BCUT2D eigenvalue weighted by Gasteiger charge is 2.03. The van der Waals surface area contributed by atoms with Gasteiger partial charge in [-0.2, -0.15) is 5.10 Å². The zero-order valence-corrected chi connectivity index (χ0v) is 13.1. The van der Waals surface area contributed by atoms with Gasteiger partial charge in [0.15, 0.2) is 0 Å². The molecular formula is C16H15BrN2O2. The number of phenolic OH excluding ortho intramolecular Hbond substituents is 1. The Hall–Kier alpha value is -2.14. The van der Waals surface area contributed by atoms with Crippen LogP contribution in [-0.4, -0.2) is 17.2 Å². The minimum absolute atomic E-state index is 0.170. The topological polar surface area (TPSA) is 61.7 Å². The molecule has 2 aromatic carbocycles. The van der Waals surface area contributed by atoms with Crippen molar-refractivity contribution in [3.63, 3.8) is 0 Å². The number of hydrogen-bond acceptors (Lipinski definition) is 3. The van der Waals surface area contributed by atoms with Gasteiger partial charge >= 0.3 is 0 Å². The number of nitrogens with one attached hydrogen (secondary N) is 1. The molecule has 108 valence electrons. The van der Waals surface area contributed by atoms with E-state index in [4.69, 9.17) is 0 Å². The molecule has 0 atom stereocenters. The second kappa shape index (κ2) is 7.04. The zero-order chi connectivity index (χ0) is 15.2. The molecule has 21 heavy (non-hydrogen) atoms. The van der Waals surface area contributed by atoms with Crippen molar-refractivity contribution < 1.29 is 9.90 Å². The molecule has 0 heterocycles. The molecule has 0 saturated carbocycles. The number of para-hydroxylation sites is 1. The molecule has 0 aliphatic rings. The van der Waals surface area contributed by atoms with Gasteiger partial charge in [0.05, 0.1) is 12.6 Å². The first-order valence-corrected chi connectivity index (χ1v) is 7.20. The van der Waals surface area contributed by atoms with Crippen molar-refractivity contribution >= 4 is 28.1 Å². The quantitative estimate of drug-likeness (QED) is 0.659. The van der Waals surface area contributed by atoms with E-state index in [9.17, 15) is 9.90 Å². The van der Waals surface area contributed by atoms with Crippen molar-refractivity contribution in [1.82, 2.24) is 5.43 Å². The molecule has 0 unspecified atom stereocenters. The molecule has 0 spiro atoms.